The zero-order chi connectivity index (χ0) is 26.8. The number of alkyl halides is 1. The van der Waals surface area contributed by atoms with Crippen molar-refractivity contribution in [1.82, 2.24) is 20.2 Å². The fourth-order valence-electron chi connectivity index (χ4n) is 4.67. The number of aromatic nitrogens is 2. The van der Waals surface area contributed by atoms with Crippen LogP contribution in [0.2, 0.25) is 0 Å². The number of rotatable bonds is 4. The van der Waals surface area contributed by atoms with E-state index in [9.17, 15) is 14.9 Å². The van der Waals surface area contributed by atoms with Gasteiger partial charge >= 0.3 is 6.09 Å². The largest absolute Gasteiger partial charge is 0.444 e. The lowest BCUT2D eigenvalue weighted by atomic mass is 9.93. The molecule has 0 spiro atoms. The average Bonchev–Trinajstić information content (AvgIpc) is 2.85. The lowest BCUT2D eigenvalue weighted by Crippen LogP contribution is -2.55. The smallest absolute Gasteiger partial charge is 0.410 e. The van der Waals surface area contributed by atoms with Crippen molar-refractivity contribution in [2.45, 2.75) is 64.0 Å². The van der Waals surface area contributed by atoms with Crippen molar-refractivity contribution in [3.05, 3.63) is 30.2 Å². The standard InChI is InChI=1S/C26H33FN6O4/c1-17-13-33(20-6-5-18(11-28)22-19(20)12-29-16-31-22)14-21(36-17)23(34)30-15-26(27)7-9-32(10-8-26)24(35)37-25(2,3)4/h5-6,12,16-17,21H,7-10,13-15H2,1-4H3,(H,30,34)/t17-,21?/m1/s1. The van der Waals surface area contributed by atoms with Gasteiger partial charge in [-0.05, 0) is 39.8 Å². The van der Waals surface area contributed by atoms with E-state index in [0.29, 0.717) is 23.0 Å². The highest BCUT2D eigenvalue weighted by atomic mass is 19.1. The molecule has 1 N–H and O–H groups in total. The number of anilines is 1. The van der Waals surface area contributed by atoms with Gasteiger partial charge in [0.25, 0.3) is 5.91 Å². The Morgan fingerprint density at radius 2 is 2.03 bits per heavy atom. The molecule has 1 unspecified atom stereocenters. The van der Waals surface area contributed by atoms with E-state index in [-0.39, 0.29) is 45.1 Å². The summed E-state index contributed by atoms with van der Waals surface area (Å²) >= 11 is 0. The van der Waals surface area contributed by atoms with Crippen LogP contribution in [-0.2, 0) is 14.3 Å². The zero-order valence-corrected chi connectivity index (χ0v) is 21.7. The topological polar surface area (TPSA) is 121 Å². The summed E-state index contributed by atoms with van der Waals surface area (Å²) in [5.74, 6) is -0.391. The third-order valence-corrected chi connectivity index (χ3v) is 6.56. The fourth-order valence-corrected chi connectivity index (χ4v) is 4.67. The second-order valence-corrected chi connectivity index (χ2v) is 10.7. The Hall–Kier alpha value is -3.52. The molecular weight excluding hydrogens is 479 g/mol. The molecule has 1 aromatic heterocycles. The van der Waals surface area contributed by atoms with Crippen molar-refractivity contribution < 1.29 is 23.5 Å². The molecule has 10 nitrogen and oxygen atoms in total. The molecule has 2 fully saturated rings. The number of ether oxygens (including phenoxy) is 2. The van der Waals surface area contributed by atoms with E-state index in [4.69, 9.17) is 9.47 Å². The van der Waals surface area contributed by atoms with Gasteiger partial charge in [-0.15, -0.1) is 0 Å². The Balaban J connectivity index is 1.37. The predicted molar refractivity (Wildman–Crippen MR) is 135 cm³/mol. The normalized spacial score (nSPS) is 21.8. The number of piperidine rings is 1. The number of nitriles is 1. The van der Waals surface area contributed by atoms with Gasteiger partial charge in [-0.25, -0.2) is 19.2 Å². The second-order valence-electron chi connectivity index (χ2n) is 10.7. The highest BCUT2D eigenvalue weighted by molar-refractivity contribution is 5.95. The van der Waals surface area contributed by atoms with Crippen LogP contribution in [0.25, 0.3) is 10.9 Å². The van der Waals surface area contributed by atoms with Crippen LogP contribution in [0.1, 0.15) is 46.1 Å². The minimum Gasteiger partial charge on any atom is -0.444 e. The molecule has 2 aliphatic heterocycles. The molecule has 2 aliphatic rings. The number of hydrogen-bond donors (Lipinski definition) is 1. The van der Waals surface area contributed by atoms with Gasteiger partial charge in [0, 0.05) is 49.7 Å². The Kier molecular flexibility index (Phi) is 7.50. The molecule has 2 amide bonds. The van der Waals surface area contributed by atoms with Gasteiger partial charge in [0.15, 0.2) is 6.10 Å². The van der Waals surface area contributed by atoms with Crippen molar-refractivity contribution in [1.29, 1.82) is 5.26 Å². The number of likely N-dealkylation sites (tertiary alicyclic amines) is 1. The summed E-state index contributed by atoms with van der Waals surface area (Å²) < 4.78 is 26.7. The van der Waals surface area contributed by atoms with Crippen molar-refractivity contribution in [3.8, 4) is 6.07 Å². The average molecular weight is 513 g/mol. The van der Waals surface area contributed by atoms with Crippen molar-refractivity contribution in [2.24, 2.45) is 0 Å². The maximum absolute atomic E-state index is 15.5. The summed E-state index contributed by atoms with van der Waals surface area (Å²) in [6, 6.07) is 5.67. The van der Waals surface area contributed by atoms with Crippen LogP contribution in [0.3, 0.4) is 0 Å². The first-order chi connectivity index (χ1) is 17.5. The van der Waals surface area contributed by atoms with Gasteiger partial charge in [0.2, 0.25) is 0 Å². The minimum atomic E-state index is -1.62. The zero-order valence-electron chi connectivity index (χ0n) is 21.7. The molecule has 2 aromatic rings. The van der Waals surface area contributed by atoms with E-state index in [0.717, 1.165) is 5.69 Å². The van der Waals surface area contributed by atoms with Crippen LogP contribution in [0.5, 0.6) is 0 Å². The molecule has 0 radical (unpaired) electrons. The summed E-state index contributed by atoms with van der Waals surface area (Å²) in [6.07, 6.45) is 1.76. The van der Waals surface area contributed by atoms with Crippen molar-refractivity contribution in [3.63, 3.8) is 0 Å². The summed E-state index contributed by atoms with van der Waals surface area (Å²) in [6.45, 7) is 8.32. The highest BCUT2D eigenvalue weighted by Crippen LogP contribution is 2.30. The van der Waals surface area contributed by atoms with Crippen molar-refractivity contribution in [2.75, 3.05) is 37.6 Å². The lowest BCUT2D eigenvalue weighted by molar-refractivity contribution is -0.138. The third kappa shape index (κ3) is 6.25. The molecule has 11 heteroatoms. The fraction of sp³-hybridized carbons (Fsp3) is 0.577. The number of benzene rings is 1. The summed E-state index contributed by atoms with van der Waals surface area (Å²) in [7, 11) is 0. The van der Waals surface area contributed by atoms with E-state index in [1.807, 2.05) is 17.9 Å². The number of carbonyl (C=O) groups excluding carboxylic acids is 2. The second kappa shape index (κ2) is 10.5. The Morgan fingerprint density at radius 3 is 2.70 bits per heavy atom. The molecule has 2 saturated heterocycles. The first-order valence-corrected chi connectivity index (χ1v) is 12.5. The molecule has 0 bridgehead atoms. The maximum Gasteiger partial charge on any atom is 0.410 e. The van der Waals surface area contributed by atoms with Gasteiger partial charge < -0.3 is 24.6 Å². The third-order valence-electron chi connectivity index (χ3n) is 6.56. The Bertz CT molecular complexity index is 1200. The van der Waals surface area contributed by atoms with Crippen LogP contribution in [0.15, 0.2) is 24.7 Å². The molecule has 1 aromatic carbocycles. The Morgan fingerprint density at radius 1 is 1.30 bits per heavy atom. The van der Waals surface area contributed by atoms with Crippen molar-refractivity contribution >= 4 is 28.6 Å². The molecular formula is C26H33FN6O4. The van der Waals surface area contributed by atoms with E-state index in [1.165, 1.54) is 11.2 Å². The molecule has 0 saturated carbocycles. The van der Waals surface area contributed by atoms with Gasteiger partial charge in [0.05, 0.1) is 30.3 Å². The molecule has 198 valence electrons. The number of hydrogen-bond acceptors (Lipinski definition) is 8. The van der Waals surface area contributed by atoms with Crippen LogP contribution in [-0.4, -0.2) is 83.1 Å². The van der Waals surface area contributed by atoms with Crippen LogP contribution in [0, 0.1) is 11.3 Å². The van der Waals surface area contributed by atoms with E-state index in [1.54, 1.807) is 33.0 Å². The first kappa shape index (κ1) is 26.5. The number of nitrogens with one attached hydrogen (secondary N) is 1. The van der Waals surface area contributed by atoms with E-state index >= 15 is 4.39 Å². The number of carbonyl (C=O) groups is 2. The molecule has 0 aliphatic carbocycles. The van der Waals surface area contributed by atoms with E-state index < -0.39 is 29.4 Å². The molecule has 3 heterocycles. The van der Waals surface area contributed by atoms with Gasteiger partial charge in [-0.2, -0.15) is 5.26 Å². The van der Waals surface area contributed by atoms with Crippen LogP contribution in [0.4, 0.5) is 14.9 Å². The monoisotopic (exact) mass is 512 g/mol. The van der Waals surface area contributed by atoms with Crippen LogP contribution >= 0.6 is 0 Å². The SMILES string of the molecule is C[C@@H]1CN(c2ccc(C#N)c3ncncc23)CC(C(=O)NCC2(F)CCN(C(=O)OC(C)(C)C)CC2)O1. The van der Waals surface area contributed by atoms with E-state index in [2.05, 4.69) is 21.4 Å². The number of amides is 2. The summed E-state index contributed by atoms with van der Waals surface area (Å²) in [5, 5.41) is 12.9. The highest BCUT2D eigenvalue weighted by Gasteiger charge is 2.39. The Labute approximate surface area is 215 Å². The number of fused-ring (bicyclic) bond motifs is 1. The minimum absolute atomic E-state index is 0.109. The van der Waals surface area contributed by atoms with Gasteiger partial charge in [-0.3, -0.25) is 4.79 Å². The van der Waals surface area contributed by atoms with Gasteiger partial charge in [-0.1, -0.05) is 0 Å². The lowest BCUT2D eigenvalue weighted by Gasteiger charge is -2.39. The summed E-state index contributed by atoms with van der Waals surface area (Å²) in [5.41, 5.74) is -0.430. The summed E-state index contributed by atoms with van der Waals surface area (Å²) in [4.78, 5) is 37.2. The molecule has 4 rings (SSSR count). The molecule has 37 heavy (non-hydrogen) atoms. The quantitative estimate of drug-likeness (QED) is 0.664. The maximum atomic E-state index is 15.5. The van der Waals surface area contributed by atoms with Crippen LogP contribution < -0.4 is 10.2 Å². The first-order valence-electron chi connectivity index (χ1n) is 12.5. The predicted octanol–water partition coefficient (Wildman–Crippen LogP) is 2.95. The number of morpholine rings is 1. The number of halogens is 1. The van der Waals surface area contributed by atoms with Gasteiger partial charge in [0.1, 0.15) is 23.7 Å². The molecule has 2 atom stereocenters. The number of nitrogens with zero attached hydrogens (tertiary/aromatic N) is 5.